The number of rotatable bonds is 2. The first-order valence-corrected chi connectivity index (χ1v) is 6.11. The summed E-state index contributed by atoms with van der Waals surface area (Å²) >= 11 is 1.76. The molecule has 1 radical (unpaired) electrons. The summed E-state index contributed by atoms with van der Waals surface area (Å²) < 4.78 is 7.35. The van der Waals surface area contributed by atoms with Crippen molar-refractivity contribution in [1.82, 2.24) is 9.55 Å². The fourth-order valence-electron chi connectivity index (χ4n) is 1.78. The van der Waals surface area contributed by atoms with E-state index in [1.54, 1.807) is 23.7 Å². The van der Waals surface area contributed by atoms with Crippen LogP contribution in [0.25, 0.3) is 22.2 Å². The van der Waals surface area contributed by atoms with Crippen molar-refractivity contribution in [2.45, 2.75) is 6.92 Å². The van der Waals surface area contributed by atoms with Crippen LogP contribution in [0.3, 0.4) is 0 Å². The molecule has 0 saturated carbocycles. The molecule has 0 aliphatic carbocycles. The Hall–Kier alpha value is -1.16. The Morgan fingerprint density at radius 1 is 1.39 bits per heavy atom. The van der Waals surface area contributed by atoms with Crippen LogP contribution in [0.5, 0.6) is 0 Å². The minimum atomic E-state index is 0. The van der Waals surface area contributed by atoms with Gasteiger partial charge >= 0.3 is 0 Å². The Balaban J connectivity index is 0.00000120. The first-order chi connectivity index (χ1) is 8.25. The van der Waals surface area contributed by atoms with Crippen molar-refractivity contribution in [3.63, 3.8) is 0 Å². The van der Waals surface area contributed by atoms with E-state index in [0.717, 1.165) is 11.5 Å². The third-order valence-corrected chi connectivity index (χ3v) is 3.68. The number of imidazole rings is 1. The van der Waals surface area contributed by atoms with Gasteiger partial charge in [0.25, 0.3) is 0 Å². The molecule has 0 amide bonds. The largest absolute Gasteiger partial charge is 0.544 e. The Morgan fingerprint density at radius 3 is 2.83 bits per heavy atom. The van der Waals surface area contributed by atoms with Crippen molar-refractivity contribution in [2.75, 3.05) is 0 Å². The van der Waals surface area contributed by atoms with Gasteiger partial charge in [0, 0.05) is 44.0 Å². The van der Waals surface area contributed by atoms with Crippen molar-refractivity contribution in [2.24, 2.45) is 7.05 Å². The first-order valence-electron chi connectivity index (χ1n) is 5.30. The van der Waals surface area contributed by atoms with Crippen LogP contribution >= 0.6 is 11.3 Å². The fraction of sp³-hybridized carbons (Fsp3) is 0.154. The number of thiophene rings is 1. The second-order valence-corrected chi connectivity index (χ2v) is 5.12. The predicted octanol–water partition coefficient (Wildman–Crippen LogP) is 3.51. The molecule has 0 atom stereocenters. The molecule has 0 bridgehead atoms. The minimum absolute atomic E-state index is 0. The summed E-state index contributed by atoms with van der Waals surface area (Å²) in [6.45, 7) is 2.10. The Kier molecular flexibility index (Phi) is 3.85. The molecule has 0 aliphatic rings. The number of aromatic nitrogens is 2. The van der Waals surface area contributed by atoms with Crippen LogP contribution in [0.4, 0.5) is 0 Å². The Morgan fingerprint density at radius 2 is 2.22 bits per heavy atom. The van der Waals surface area contributed by atoms with Gasteiger partial charge in [0.2, 0.25) is 0 Å². The molecule has 3 aromatic rings. The molecule has 3 aromatic heterocycles. The van der Waals surface area contributed by atoms with Gasteiger partial charge < -0.3 is 8.98 Å². The monoisotopic (exact) mass is 436 g/mol. The number of furan rings is 1. The van der Waals surface area contributed by atoms with Gasteiger partial charge in [-0.15, -0.1) is 23.5 Å². The van der Waals surface area contributed by atoms with Crippen molar-refractivity contribution < 1.29 is 24.5 Å². The zero-order valence-electron chi connectivity index (χ0n) is 9.93. The normalized spacial score (nSPS) is 10.3. The summed E-state index contributed by atoms with van der Waals surface area (Å²) in [5.74, 6) is 1.48. The zero-order chi connectivity index (χ0) is 11.8. The summed E-state index contributed by atoms with van der Waals surface area (Å²) in [6.07, 6.45) is 3.48. The van der Waals surface area contributed by atoms with Gasteiger partial charge in [-0.1, -0.05) is 0 Å². The van der Waals surface area contributed by atoms with Gasteiger partial charge in [-0.2, -0.15) is 0 Å². The number of aryl methyl sites for hydroxylation is 1. The van der Waals surface area contributed by atoms with E-state index in [0.29, 0.717) is 5.76 Å². The molecule has 0 aliphatic heterocycles. The second-order valence-electron chi connectivity index (χ2n) is 3.83. The van der Waals surface area contributed by atoms with Gasteiger partial charge in [0.05, 0.1) is 16.4 Å². The van der Waals surface area contributed by atoms with Crippen molar-refractivity contribution in [1.29, 1.82) is 0 Å². The maximum atomic E-state index is 5.32. The smallest absolute Gasteiger partial charge is 0.0725 e. The van der Waals surface area contributed by atoms with Crippen LogP contribution in [0, 0.1) is 13.0 Å². The average Bonchev–Trinajstić information content (AvgIpc) is 2.98. The van der Waals surface area contributed by atoms with E-state index in [2.05, 4.69) is 30.1 Å². The van der Waals surface area contributed by atoms with Crippen LogP contribution in [0.2, 0.25) is 0 Å². The fourth-order valence-corrected chi connectivity index (χ4v) is 2.70. The quantitative estimate of drug-likeness (QED) is 0.577. The summed E-state index contributed by atoms with van der Waals surface area (Å²) in [4.78, 5) is 6.90. The number of hydrogen-bond donors (Lipinski definition) is 0. The summed E-state index contributed by atoms with van der Waals surface area (Å²) in [7, 11) is 1.99. The van der Waals surface area contributed by atoms with Gasteiger partial charge in [-0.05, 0) is 25.3 Å². The van der Waals surface area contributed by atoms with Crippen molar-refractivity contribution in [3.05, 3.63) is 41.6 Å². The van der Waals surface area contributed by atoms with E-state index in [-0.39, 0.29) is 20.1 Å². The Bertz CT molecular complexity index is 640. The summed E-state index contributed by atoms with van der Waals surface area (Å²) in [5, 5.41) is 0. The number of nitrogens with zero attached hydrogens (tertiary/aromatic N) is 2. The summed E-state index contributed by atoms with van der Waals surface area (Å²) in [6, 6.07) is 9.00. The van der Waals surface area contributed by atoms with Crippen molar-refractivity contribution >= 4 is 11.3 Å². The maximum Gasteiger partial charge on any atom is 0.0725 e. The molecular weight excluding hydrogens is 424 g/mol. The molecule has 0 unspecified atom stereocenters. The van der Waals surface area contributed by atoms with Crippen LogP contribution in [-0.2, 0) is 27.2 Å². The Labute approximate surface area is 123 Å². The second kappa shape index (κ2) is 5.22. The molecule has 3 heterocycles. The topological polar surface area (TPSA) is 31.0 Å². The van der Waals surface area contributed by atoms with E-state index in [1.807, 2.05) is 17.8 Å². The molecule has 95 valence electrons. The first kappa shape index (κ1) is 13.3. The van der Waals surface area contributed by atoms with Crippen LogP contribution in [0.15, 0.2) is 35.1 Å². The van der Waals surface area contributed by atoms with Crippen LogP contribution in [0.1, 0.15) is 4.88 Å². The molecule has 18 heavy (non-hydrogen) atoms. The standard InChI is InChI=1S/C13H11N2OS.Ir/c1-9-5-6-12(17-9)10-8-14-13(15(10)2)11-4-3-7-16-11;/h3,5-8H,1-2H3;/q-1;. The zero-order valence-corrected chi connectivity index (χ0v) is 13.1. The molecule has 3 nitrogen and oxygen atoms in total. The van der Waals surface area contributed by atoms with E-state index in [1.165, 1.54) is 9.75 Å². The van der Waals surface area contributed by atoms with E-state index in [9.17, 15) is 0 Å². The molecule has 0 aromatic carbocycles. The van der Waals surface area contributed by atoms with Crippen LogP contribution < -0.4 is 0 Å². The molecular formula is C13H11IrN2OS-. The third-order valence-electron chi connectivity index (χ3n) is 2.65. The molecule has 0 saturated heterocycles. The molecule has 0 fully saturated rings. The molecule has 3 rings (SSSR count). The van der Waals surface area contributed by atoms with E-state index < -0.39 is 0 Å². The van der Waals surface area contributed by atoms with E-state index in [4.69, 9.17) is 4.42 Å². The van der Waals surface area contributed by atoms with Crippen molar-refractivity contribution in [3.8, 4) is 22.2 Å². The van der Waals surface area contributed by atoms with Gasteiger partial charge in [-0.3, -0.25) is 4.98 Å². The minimum Gasteiger partial charge on any atom is -0.544 e. The third kappa shape index (κ3) is 2.21. The van der Waals surface area contributed by atoms with Crippen LogP contribution in [-0.4, -0.2) is 9.55 Å². The SMILES string of the molecule is Cc1ccc(-c2cnc(-c3[c-]cco3)n2C)s1.[Ir]. The summed E-state index contributed by atoms with van der Waals surface area (Å²) in [5.41, 5.74) is 1.10. The van der Waals surface area contributed by atoms with E-state index >= 15 is 0 Å². The number of hydrogen-bond acceptors (Lipinski definition) is 3. The molecule has 0 spiro atoms. The van der Waals surface area contributed by atoms with Gasteiger partial charge in [0.1, 0.15) is 0 Å². The molecule has 5 heteroatoms. The van der Waals surface area contributed by atoms with Gasteiger partial charge in [0.15, 0.2) is 0 Å². The van der Waals surface area contributed by atoms with Gasteiger partial charge in [-0.25, -0.2) is 0 Å². The molecule has 0 N–H and O–H groups in total. The predicted molar refractivity (Wildman–Crippen MR) is 67.8 cm³/mol. The maximum absolute atomic E-state index is 5.32. The average molecular weight is 436 g/mol.